The predicted octanol–water partition coefficient (Wildman–Crippen LogP) is 4.84. The Morgan fingerprint density at radius 2 is 1.84 bits per heavy atom. The molecule has 2 aliphatic carbocycles. The van der Waals surface area contributed by atoms with E-state index < -0.39 is 97.0 Å². The smallest absolute Gasteiger partial charge is 0.408 e. The lowest BCUT2D eigenvalue weighted by Crippen LogP contribution is -2.39. The van der Waals surface area contributed by atoms with Gasteiger partial charge in [0.2, 0.25) is 17.7 Å². The number of hydrogen-bond acceptors (Lipinski definition) is 6. The van der Waals surface area contributed by atoms with Crippen LogP contribution in [0.25, 0.3) is 5.65 Å². The van der Waals surface area contributed by atoms with Crippen LogP contribution in [0.15, 0.2) is 18.5 Å². The fourth-order valence-electron chi connectivity index (χ4n) is 6.41. The molecule has 17 heteroatoms. The number of carbonyl (C=O) groups excluding carboxylic acids is 3. The van der Waals surface area contributed by atoms with Crippen molar-refractivity contribution in [1.29, 1.82) is 0 Å². The lowest BCUT2D eigenvalue weighted by atomic mass is 9.76. The first-order valence-corrected chi connectivity index (χ1v) is 14.5. The normalized spacial score (nSPS) is 27.7. The highest BCUT2D eigenvalue weighted by Gasteiger charge is 2.59. The Hall–Kier alpha value is -3.53. The molecule has 2 amide bonds. The van der Waals surface area contributed by atoms with Gasteiger partial charge >= 0.3 is 18.3 Å². The molecule has 0 radical (unpaired) electrons. The minimum atomic E-state index is -4.75. The van der Waals surface area contributed by atoms with Gasteiger partial charge < -0.3 is 15.4 Å². The van der Waals surface area contributed by atoms with Gasteiger partial charge in [-0.15, -0.1) is 0 Å². The first-order valence-electron chi connectivity index (χ1n) is 14.5. The zero-order chi connectivity index (χ0) is 32.9. The Bertz CT molecular complexity index is 1450. The van der Waals surface area contributed by atoms with Crippen molar-refractivity contribution in [3.8, 4) is 0 Å². The summed E-state index contributed by atoms with van der Waals surface area (Å²) in [5.41, 5.74) is -1.26. The van der Waals surface area contributed by atoms with E-state index in [1.165, 1.54) is 29.9 Å². The molecule has 1 saturated heterocycles. The number of imidazole rings is 1. The van der Waals surface area contributed by atoms with Crippen LogP contribution < -0.4 is 10.6 Å². The van der Waals surface area contributed by atoms with E-state index in [1.807, 2.05) is 5.32 Å². The van der Waals surface area contributed by atoms with E-state index in [-0.39, 0.29) is 49.2 Å². The van der Waals surface area contributed by atoms with Gasteiger partial charge in [-0.3, -0.25) is 14.4 Å². The summed E-state index contributed by atoms with van der Waals surface area (Å²) in [6, 6.07) is -1.76. The van der Waals surface area contributed by atoms with Crippen LogP contribution in [0, 0.1) is 23.2 Å². The quantitative estimate of drug-likeness (QED) is 0.296. The minimum absolute atomic E-state index is 0.0241. The fourth-order valence-corrected chi connectivity index (χ4v) is 6.41. The van der Waals surface area contributed by atoms with Gasteiger partial charge in [0, 0.05) is 12.8 Å². The second-order valence-corrected chi connectivity index (χ2v) is 12.2. The average Bonchev–Trinajstić information content (AvgIpc) is 3.55. The minimum Gasteiger partial charge on any atom is -0.466 e. The number of carbonyl (C=O) groups is 3. The molecular weight excluding hydrogens is 622 g/mol. The number of nitrogens with zero attached hydrogens (tertiary/aromatic N) is 3. The molecular formula is C28H31F8N5O4. The number of rotatable bonds is 9. The number of fused-ring (bicyclic) bond motifs is 1. The van der Waals surface area contributed by atoms with Gasteiger partial charge in [0.1, 0.15) is 6.04 Å². The van der Waals surface area contributed by atoms with Crippen LogP contribution in [0.5, 0.6) is 0 Å². The van der Waals surface area contributed by atoms with Crippen LogP contribution in [0.3, 0.4) is 0 Å². The molecule has 0 unspecified atom stereocenters. The lowest BCUT2D eigenvalue weighted by molar-refractivity contribution is -0.156. The fraction of sp³-hybridized carbons (Fsp3) is 0.679. The van der Waals surface area contributed by atoms with Gasteiger partial charge in [0.15, 0.2) is 5.65 Å². The Morgan fingerprint density at radius 3 is 2.42 bits per heavy atom. The number of amides is 2. The Morgan fingerprint density at radius 1 is 1.16 bits per heavy atom. The maximum Gasteiger partial charge on any atom is 0.408 e. The number of ether oxygens (including phenoxy) is 1. The first kappa shape index (κ1) is 32.9. The monoisotopic (exact) mass is 653 g/mol. The molecule has 45 heavy (non-hydrogen) atoms. The van der Waals surface area contributed by atoms with Crippen molar-refractivity contribution in [2.24, 2.45) is 23.2 Å². The number of esters is 1. The van der Waals surface area contributed by atoms with Gasteiger partial charge in [0.05, 0.1) is 54.4 Å². The van der Waals surface area contributed by atoms with Crippen LogP contribution in [0.4, 0.5) is 35.1 Å². The van der Waals surface area contributed by atoms with E-state index in [2.05, 4.69) is 15.4 Å². The third-order valence-electron chi connectivity index (χ3n) is 8.90. The molecule has 2 aromatic heterocycles. The number of aromatic nitrogens is 3. The zero-order valence-corrected chi connectivity index (χ0v) is 24.0. The van der Waals surface area contributed by atoms with Crippen molar-refractivity contribution in [3.63, 3.8) is 0 Å². The standard InChI is InChI=1S/C28H31F8N5O4/c1-2-45-21(42)11-25(10-19(28(34,35)36)39-24(25)44)9-14-7-20-38-18(13-41(20)37-12-14)22(15-3-5-26(29,30)6-4-15)40-23(43)16-8-17(16)27(31,32)33/h7,12-13,15-17,19,22H,2-6,8-11H2,1H3,(H,39,44)(H,40,43)/t16-,17-,19+,22+,25+/m1/s1. The van der Waals surface area contributed by atoms with Gasteiger partial charge in [-0.2, -0.15) is 31.4 Å². The van der Waals surface area contributed by atoms with Crippen molar-refractivity contribution in [3.05, 3.63) is 29.7 Å². The Labute approximate surface area is 251 Å². The Kier molecular flexibility index (Phi) is 8.53. The molecule has 1 aliphatic heterocycles. The highest BCUT2D eigenvalue weighted by atomic mass is 19.4. The molecule has 3 fully saturated rings. The molecule has 3 heterocycles. The van der Waals surface area contributed by atoms with Crippen LogP contribution in [0.2, 0.25) is 0 Å². The maximum absolute atomic E-state index is 13.9. The summed E-state index contributed by atoms with van der Waals surface area (Å²) in [5.74, 6) is -9.24. The van der Waals surface area contributed by atoms with Gasteiger partial charge in [0.25, 0.3) is 0 Å². The number of hydrogen-bond donors (Lipinski definition) is 2. The molecule has 0 spiro atoms. The zero-order valence-electron chi connectivity index (χ0n) is 24.0. The average molecular weight is 654 g/mol. The van der Waals surface area contributed by atoms with Gasteiger partial charge in [-0.25, -0.2) is 18.3 Å². The molecule has 248 valence electrons. The molecule has 2 N–H and O–H groups in total. The van der Waals surface area contributed by atoms with Crippen molar-refractivity contribution in [2.75, 3.05) is 6.61 Å². The largest absolute Gasteiger partial charge is 0.466 e. The third kappa shape index (κ3) is 7.16. The summed E-state index contributed by atoms with van der Waals surface area (Å²) < 4.78 is 114. The molecule has 5 rings (SSSR count). The summed E-state index contributed by atoms with van der Waals surface area (Å²) in [4.78, 5) is 42.5. The molecule has 2 saturated carbocycles. The summed E-state index contributed by atoms with van der Waals surface area (Å²) in [5, 5.41) is 8.72. The van der Waals surface area contributed by atoms with E-state index >= 15 is 0 Å². The summed E-state index contributed by atoms with van der Waals surface area (Å²) in [7, 11) is 0. The molecule has 9 nitrogen and oxygen atoms in total. The number of nitrogens with one attached hydrogen (secondary N) is 2. The van der Waals surface area contributed by atoms with E-state index in [9.17, 15) is 49.5 Å². The second kappa shape index (κ2) is 11.7. The highest BCUT2D eigenvalue weighted by Crippen LogP contribution is 2.51. The molecule has 0 bridgehead atoms. The number of halogens is 8. The number of alkyl halides is 8. The maximum atomic E-state index is 13.9. The third-order valence-corrected chi connectivity index (χ3v) is 8.90. The van der Waals surface area contributed by atoms with Crippen molar-refractivity contribution in [2.45, 2.75) is 88.6 Å². The van der Waals surface area contributed by atoms with Crippen molar-refractivity contribution < 1.29 is 54.2 Å². The first-order chi connectivity index (χ1) is 20.9. The van der Waals surface area contributed by atoms with Gasteiger partial charge in [-0.05, 0) is 56.6 Å². The lowest BCUT2D eigenvalue weighted by Gasteiger charge is -2.33. The molecule has 5 atom stereocenters. The van der Waals surface area contributed by atoms with Gasteiger partial charge in [-0.1, -0.05) is 0 Å². The van der Waals surface area contributed by atoms with Crippen molar-refractivity contribution in [1.82, 2.24) is 25.2 Å². The van der Waals surface area contributed by atoms with E-state index in [0.29, 0.717) is 0 Å². The Balaban J connectivity index is 1.42. The van der Waals surface area contributed by atoms with E-state index in [4.69, 9.17) is 4.74 Å². The summed E-state index contributed by atoms with van der Waals surface area (Å²) in [6.45, 7) is 1.47. The second-order valence-electron chi connectivity index (χ2n) is 12.2. The van der Waals surface area contributed by atoms with Crippen LogP contribution in [-0.4, -0.2) is 63.3 Å². The van der Waals surface area contributed by atoms with E-state index in [1.54, 1.807) is 0 Å². The van der Waals surface area contributed by atoms with E-state index in [0.717, 1.165) is 0 Å². The summed E-state index contributed by atoms with van der Waals surface area (Å²) in [6.07, 6.45) is -9.68. The highest BCUT2D eigenvalue weighted by molar-refractivity contribution is 5.90. The molecule has 3 aliphatic rings. The summed E-state index contributed by atoms with van der Waals surface area (Å²) >= 11 is 0. The van der Waals surface area contributed by atoms with Crippen LogP contribution in [0.1, 0.15) is 69.2 Å². The SMILES string of the molecule is CCOC(=O)C[C@]1(Cc2cnn3cc([C@@H](NC(=O)[C@@H]4C[C@H]4C(F)(F)F)C4CCC(F)(F)CC4)nc3c2)C[C@@H](C(F)(F)F)NC1=O. The predicted molar refractivity (Wildman–Crippen MR) is 138 cm³/mol. The van der Waals surface area contributed by atoms with Crippen LogP contribution >= 0.6 is 0 Å². The molecule has 2 aromatic rings. The molecule has 0 aromatic carbocycles. The van der Waals surface area contributed by atoms with Crippen molar-refractivity contribution >= 4 is 23.4 Å². The van der Waals surface area contributed by atoms with Crippen LogP contribution in [-0.2, 0) is 25.5 Å². The topological polar surface area (TPSA) is 115 Å².